The number of hydrogen-bond acceptors (Lipinski definition) is 4. The molecule has 0 saturated heterocycles. The van der Waals surface area contributed by atoms with E-state index in [9.17, 15) is 10.1 Å². The zero-order valence-corrected chi connectivity index (χ0v) is 6.60. The smallest absolute Gasteiger partial charge is 0.258 e. The van der Waals surface area contributed by atoms with Crippen LogP contribution >= 0.6 is 0 Å². The van der Waals surface area contributed by atoms with Crippen LogP contribution in [0.2, 0.25) is 0 Å². The highest BCUT2D eigenvalue weighted by atomic mass is 16.6. The van der Waals surface area contributed by atoms with E-state index in [2.05, 4.69) is 6.58 Å². The fraction of sp³-hybridized carbons (Fsp3) is 0. The Morgan fingerprint density at radius 3 is 2.46 bits per heavy atom. The number of allylic oxidation sites excluding steroid dienone is 4. The van der Waals surface area contributed by atoms with Crippen molar-refractivity contribution in [3.63, 3.8) is 0 Å². The molecule has 0 aliphatic rings. The van der Waals surface area contributed by atoms with E-state index in [0.29, 0.717) is 0 Å². The fourth-order valence-corrected chi connectivity index (χ4v) is 0.434. The maximum absolute atomic E-state index is 10.0. The molecule has 0 aromatic rings. The largest absolute Gasteiger partial charge is 0.262 e. The van der Waals surface area contributed by atoms with Crippen LogP contribution < -0.4 is 0 Å². The van der Waals surface area contributed by atoms with Crippen LogP contribution in [-0.4, -0.2) is 4.92 Å². The van der Waals surface area contributed by atoms with Gasteiger partial charge in [0.1, 0.15) is 0 Å². The van der Waals surface area contributed by atoms with E-state index >= 15 is 0 Å². The number of rotatable bonds is 3. The minimum Gasteiger partial charge on any atom is -0.258 e. The van der Waals surface area contributed by atoms with Crippen molar-refractivity contribution in [2.45, 2.75) is 0 Å². The maximum atomic E-state index is 10.0. The van der Waals surface area contributed by atoms with E-state index in [0.717, 1.165) is 18.2 Å². The van der Waals surface area contributed by atoms with E-state index in [1.54, 1.807) is 12.1 Å². The molecule has 0 heterocycles. The molecule has 64 valence electrons. The van der Waals surface area contributed by atoms with Crippen molar-refractivity contribution in [1.82, 2.24) is 0 Å². The molecule has 0 radical (unpaired) electrons. The van der Waals surface area contributed by atoms with Gasteiger partial charge in [-0.1, -0.05) is 0 Å². The van der Waals surface area contributed by atoms with Crippen LogP contribution in [0, 0.1) is 32.8 Å². The first-order valence-corrected chi connectivity index (χ1v) is 3.13. The normalized spacial score (nSPS) is 10.5. The van der Waals surface area contributed by atoms with E-state index in [4.69, 9.17) is 10.5 Å². The van der Waals surface area contributed by atoms with Gasteiger partial charge in [-0.05, 0) is 12.7 Å². The summed E-state index contributed by atoms with van der Waals surface area (Å²) in [6, 6.07) is 3.32. The number of nitrogens with zero attached hydrogens (tertiary/aromatic N) is 3. The van der Waals surface area contributed by atoms with Crippen molar-refractivity contribution in [2.75, 3.05) is 0 Å². The predicted molar refractivity (Wildman–Crippen MR) is 44.6 cm³/mol. The molecule has 0 rings (SSSR count). The number of nitriles is 2. The molecule has 0 bridgehead atoms. The van der Waals surface area contributed by atoms with Crippen molar-refractivity contribution >= 4 is 0 Å². The third-order valence-corrected chi connectivity index (χ3v) is 1.04. The molecular formula is C8H5N3O2. The number of nitro groups is 1. The summed E-state index contributed by atoms with van der Waals surface area (Å²) in [4.78, 5) is 9.36. The lowest BCUT2D eigenvalue weighted by Crippen LogP contribution is -1.92. The maximum Gasteiger partial charge on any atom is 0.262 e. The van der Waals surface area contributed by atoms with Gasteiger partial charge >= 0.3 is 0 Å². The standard InChI is InChI=1S/C8H5N3O2/c1-7(11(12)13)2-3-8(6-10)4-5-9/h2-4H,1H2/b3-2-,8-4-. The van der Waals surface area contributed by atoms with Crippen LogP contribution in [0.15, 0.2) is 36.1 Å². The van der Waals surface area contributed by atoms with Gasteiger partial charge in [0.25, 0.3) is 5.70 Å². The Bertz CT molecular complexity index is 366. The molecule has 0 aromatic carbocycles. The summed E-state index contributed by atoms with van der Waals surface area (Å²) in [5.41, 5.74) is -0.287. The Hall–Kier alpha value is -2.40. The lowest BCUT2D eigenvalue weighted by Gasteiger charge is -1.85. The second kappa shape index (κ2) is 5.28. The highest BCUT2D eigenvalue weighted by Gasteiger charge is 1.99. The third kappa shape index (κ3) is 4.12. The Kier molecular flexibility index (Phi) is 4.30. The molecule has 0 aliphatic heterocycles. The lowest BCUT2D eigenvalue weighted by atomic mass is 10.2. The molecule has 0 atom stereocenters. The first-order valence-electron chi connectivity index (χ1n) is 3.13. The molecule has 0 N–H and O–H groups in total. The molecular weight excluding hydrogens is 170 g/mol. The minimum atomic E-state index is -0.683. The summed E-state index contributed by atoms with van der Waals surface area (Å²) in [5.74, 6) is 0. The Morgan fingerprint density at radius 2 is 2.08 bits per heavy atom. The van der Waals surface area contributed by atoms with Crippen molar-refractivity contribution in [2.24, 2.45) is 0 Å². The van der Waals surface area contributed by atoms with Gasteiger partial charge in [-0.15, -0.1) is 0 Å². The first kappa shape index (κ1) is 10.6. The van der Waals surface area contributed by atoms with Crippen molar-refractivity contribution in [3.05, 3.63) is 46.2 Å². The highest BCUT2D eigenvalue weighted by Crippen LogP contribution is 1.99. The lowest BCUT2D eigenvalue weighted by molar-refractivity contribution is -0.418. The molecule has 0 aliphatic carbocycles. The van der Waals surface area contributed by atoms with Gasteiger partial charge in [0, 0.05) is 12.2 Å². The Morgan fingerprint density at radius 1 is 1.46 bits per heavy atom. The van der Waals surface area contributed by atoms with Gasteiger partial charge in [-0.2, -0.15) is 10.5 Å². The third-order valence-electron chi connectivity index (χ3n) is 1.04. The van der Waals surface area contributed by atoms with Crippen molar-refractivity contribution in [3.8, 4) is 12.1 Å². The molecule has 0 aromatic heterocycles. The summed E-state index contributed by atoms with van der Waals surface area (Å²) < 4.78 is 0. The van der Waals surface area contributed by atoms with Gasteiger partial charge in [-0.25, -0.2) is 0 Å². The van der Waals surface area contributed by atoms with E-state index < -0.39 is 4.92 Å². The van der Waals surface area contributed by atoms with Crippen LogP contribution in [0.3, 0.4) is 0 Å². The summed E-state index contributed by atoms with van der Waals surface area (Å²) in [7, 11) is 0. The van der Waals surface area contributed by atoms with Gasteiger partial charge < -0.3 is 0 Å². The molecule has 13 heavy (non-hydrogen) atoms. The zero-order valence-electron chi connectivity index (χ0n) is 6.60. The van der Waals surface area contributed by atoms with E-state index in [-0.39, 0.29) is 11.3 Å². The van der Waals surface area contributed by atoms with Crippen molar-refractivity contribution in [1.29, 1.82) is 10.5 Å². The van der Waals surface area contributed by atoms with Crippen LogP contribution in [0.4, 0.5) is 0 Å². The molecule has 0 fully saturated rings. The summed E-state index contributed by atoms with van der Waals surface area (Å²) in [6.07, 6.45) is 3.21. The number of hydrogen-bond donors (Lipinski definition) is 0. The second-order valence-electron chi connectivity index (χ2n) is 1.92. The average molecular weight is 175 g/mol. The monoisotopic (exact) mass is 175 g/mol. The second-order valence-corrected chi connectivity index (χ2v) is 1.92. The SMILES string of the molecule is C=C(/C=C\C(C#N)=C\C#N)[N+](=O)[O-]. The summed E-state index contributed by atoms with van der Waals surface area (Å²) in [6.45, 7) is 3.12. The highest BCUT2D eigenvalue weighted by molar-refractivity contribution is 5.38. The molecule has 0 amide bonds. The summed E-state index contributed by atoms with van der Waals surface area (Å²) in [5, 5.41) is 26.6. The van der Waals surface area contributed by atoms with Gasteiger partial charge in [0.15, 0.2) is 0 Å². The van der Waals surface area contributed by atoms with Gasteiger partial charge in [0.05, 0.1) is 22.6 Å². The van der Waals surface area contributed by atoms with Crippen molar-refractivity contribution < 1.29 is 4.92 Å². The van der Waals surface area contributed by atoms with E-state index in [1.807, 2.05) is 0 Å². The van der Waals surface area contributed by atoms with Gasteiger partial charge in [-0.3, -0.25) is 10.1 Å². The Balaban J connectivity index is 4.55. The Labute approximate surface area is 74.7 Å². The average Bonchev–Trinajstić information content (AvgIpc) is 2.11. The zero-order chi connectivity index (χ0) is 10.3. The van der Waals surface area contributed by atoms with Gasteiger partial charge in [0.2, 0.25) is 0 Å². The van der Waals surface area contributed by atoms with Crippen LogP contribution in [0.5, 0.6) is 0 Å². The van der Waals surface area contributed by atoms with Crippen LogP contribution in [-0.2, 0) is 0 Å². The first-order chi connectivity index (χ1) is 6.11. The van der Waals surface area contributed by atoms with Crippen LogP contribution in [0.1, 0.15) is 0 Å². The van der Waals surface area contributed by atoms with Crippen LogP contribution in [0.25, 0.3) is 0 Å². The minimum absolute atomic E-state index is 0.0468. The molecule has 5 nitrogen and oxygen atoms in total. The quantitative estimate of drug-likeness (QED) is 0.280. The predicted octanol–water partition coefficient (Wildman–Crippen LogP) is 1.31. The summed E-state index contributed by atoms with van der Waals surface area (Å²) >= 11 is 0. The molecule has 0 unspecified atom stereocenters. The fourth-order valence-electron chi connectivity index (χ4n) is 0.434. The van der Waals surface area contributed by atoms with E-state index in [1.165, 1.54) is 0 Å². The molecule has 5 heteroatoms. The topological polar surface area (TPSA) is 90.7 Å². The molecule has 0 spiro atoms. The molecule has 0 saturated carbocycles.